The van der Waals surface area contributed by atoms with E-state index in [0.717, 1.165) is 0 Å². The second kappa shape index (κ2) is 21.8. The maximum atomic E-state index is 12.1. The van der Waals surface area contributed by atoms with Crippen LogP contribution in [-0.2, 0) is 0 Å². The van der Waals surface area contributed by atoms with Gasteiger partial charge in [0.25, 0.3) is 0 Å². The molecule has 8 bridgehead atoms. The lowest BCUT2D eigenvalue weighted by atomic mass is 9.75. The summed E-state index contributed by atoms with van der Waals surface area (Å²) in [5.74, 6) is -6.54. The molecule has 68 heavy (non-hydrogen) atoms. The number of fused-ring (bicyclic) bond motifs is 8. The Morgan fingerprint density at radius 3 is 0.632 bits per heavy atom. The minimum absolute atomic E-state index is 0.0320. The molecular weight excluding hydrogens is 881 g/mol. The van der Waals surface area contributed by atoms with Crippen molar-refractivity contribution in [1.82, 2.24) is 21.3 Å². The normalized spacial score (nSPS) is 16.4. The van der Waals surface area contributed by atoms with E-state index >= 15 is 0 Å². The number of primary amides is 4. The number of phenolic OH excluding ortho intramolecular Hbond substituents is 8. The number of hydrogen-bond acceptors (Lipinski definition) is 12. The Labute approximate surface area is 393 Å². The summed E-state index contributed by atoms with van der Waals surface area (Å²) in [6.07, 6.45) is 1.46. The molecule has 0 saturated carbocycles. The lowest BCUT2D eigenvalue weighted by Crippen LogP contribution is -2.30. The summed E-state index contributed by atoms with van der Waals surface area (Å²) in [5, 5.41) is 107. The second-order valence-corrected chi connectivity index (χ2v) is 17.5. The molecule has 1 aliphatic rings. The van der Waals surface area contributed by atoms with Crippen LogP contribution in [-0.4, -0.2) is 91.2 Å². The number of nitrogens with two attached hydrogens (primary N) is 4. The van der Waals surface area contributed by atoms with Crippen LogP contribution in [0, 0.1) is 27.7 Å². The predicted molar refractivity (Wildman–Crippen MR) is 253 cm³/mol. The zero-order valence-corrected chi connectivity index (χ0v) is 38.6. The molecule has 5 rings (SSSR count). The Kier molecular flexibility index (Phi) is 16.4. The summed E-state index contributed by atoms with van der Waals surface area (Å²) in [6.45, 7) is 6.28. The van der Waals surface area contributed by atoms with Crippen LogP contribution in [0.15, 0.2) is 24.3 Å². The average molecular weight is 945 g/mol. The summed E-state index contributed by atoms with van der Waals surface area (Å²) < 4.78 is 0. The van der Waals surface area contributed by atoms with Crippen LogP contribution in [0.5, 0.6) is 46.0 Å². The molecule has 368 valence electrons. The Bertz CT molecular complexity index is 2120. The van der Waals surface area contributed by atoms with E-state index in [1.807, 2.05) is 0 Å². The molecule has 0 radical (unpaired) electrons. The lowest BCUT2D eigenvalue weighted by molar-refractivity contribution is 0.248. The summed E-state index contributed by atoms with van der Waals surface area (Å²) in [5.41, 5.74) is 23.3. The predicted octanol–water partition coefficient (Wildman–Crippen LogP) is 5.20. The molecule has 0 saturated heterocycles. The van der Waals surface area contributed by atoms with E-state index in [-0.39, 0.29) is 190 Å². The van der Waals surface area contributed by atoms with Gasteiger partial charge in [-0.3, -0.25) is 0 Å². The van der Waals surface area contributed by atoms with Crippen LogP contribution < -0.4 is 44.2 Å². The van der Waals surface area contributed by atoms with E-state index in [1.54, 1.807) is 24.3 Å². The van der Waals surface area contributed by atoms with E-state index in [0.29, 0.717) is 0 Å². The fourth-order valence-corrected chi connectivity index (χ4v) is 9.51. The van der Waals surface area contributed by atoms with Gasteiger partial charge in [0.05, 0.1) is 0 Å². The molecule has 0 atom stereocenters. The maximum Gasteiger partial charge on any atom is 0.312 e. The number of carbonyl (C=O) groups is 4. The van der Waals surface area contributed by atoms with E-state index in [1.165, 1.54) is 27.7 Å². The Morgan fingerprint density at radius 1 is 0.353 bits per heavy atom. The molecule has 0 unspecified atom stereocenters. The summed E-state index contributed by atoms with van der Waals surface area (Å²) >= 11 is 0. The topological polar surface area (TPSA) is 382 Å². The quantitative estimate of drug-likeness (QED) is 0.0645. The SMILES string of the molecule is Cc1c(O)c2cc(c1O)C(CCCNC(N)=O)c1cc(c(O)c(C)c1O)C(CCCNC(N)=O)c1cc(c(O)c(C)c1O)C(CCCNC(N)=O)c1cc(c(O)c(C)c1O)C2CCCNC(N)=O. The van der Waals surface area contributed by atoms with Crippen molar-refractivity contribution in [3.8, 4) is 46.0 Å². The number of benzene rings is 4. The van der Waals surface area contributed by atoms with Crippen LogP contribution in [0.2, 0.25) is 0 Å². The monoisotopic (exact) mass is 944 g/mol. The zero-order valence-electron chi connectivity index (χ0n) is 38.6. The van der Waals surface area contributed by atoms with Gasteiger partial charge in [-0.05, 0) is 103 Å². The first-order valence-electron chi connectivity index (χ1n) is 22.4. The fraction of sp³-hybridized carbons (Fsp3) is 0.417. The number of rotatable bonds is 16. The third-order valence-electron chi connectivity index (χ3n) is 13.2. The van der Waals surface area contributed by atoms with Gasteiger partial charge in [-0.15, -0.1) is 0 Å². The first kappa shape index (κ1) is 51.3. The van der Waals surface area contributed by atoms with Crippen LogP contribution in [0.3, 0.4) is 0 Å². The number of phenols is 8. The van der Waals surface area contributed by atoms with E-state index in [4.69, 9.17) is 22.9 Å². The van der Waals surface area contributed by atoms with Crippen LogP contribution in [0.1, 0.15) is 142 Å². The first-order valence-corrected chi connectivity index (χ1v) is 22.4. The van der Waals surface area contributed by atoms with Crippen molar-refractivity contribution in [2.45, 2.75) is 103 Å². The largest absolute Gasteiger partial charge is 0.507 e. The highest BCUT2D eigenvalue weighted by atomic mass is 16.3. The van der Waals surface area contributed by atoms with Gasteiger partial charge in [0.2, 0.25) is 0 Å². The minimum atomic E-state index is -0.946. The molecule has 0 spiro atoms. The van der Waals surface area contributed by atoms with Gasteiger partial charge >= 0.3 is 24.1 Å². The number of hydrogen-bond donors (Lipinski definition) is 16. The Hall–Kier alpha value is -7.64. The molecule has 20 nitrogen and oxygen atoms in total. The Morgan fingerprint density at radius 2 is 0.500 bits per heavy atom. The van der Waals surface area contributed by atoms with Crippen LogP contribution in [0.4, 0.5) is 19.2 Å². The average Bonchev–Trinajstić information content (AvgIpc) is 3.28. The second-order valence-electron chi connectivity index (χ2n) is 17.5. The summed E-state index contributed by atoms with van der Waals surface area (Å²) in [4.78, 5) is 47.1. The standard InChI is InChI=1S/C48H64N8O12/c1-21-37(57)29-17-30(38(21)58)26(10-6-14-54-46(50)66)32-19-34(42(62)23(3)40(32)60)28(12-8-16-56-48(52)68)36-20-35(43(63)24(4)44(36)64)27(11-7-15-55-47(51)67)33-18-31(39(59)22(2)41(33)61)25(29)9-5-13-53-45(49)65/h17-20,25-28,57-64H,5-16H2,1-4H3,(H3,49,53,65)(H3,50,54,66)(H3,51,55,67)(H3,52,56,68). The summed E-state index contributed by atoms with van der Waals surface area (Å²) in [7, 11) is 0. The molecule has 20 N–H and O–H groups in total. The molecular formula is C48H64N8O12. The van der Waals surface area contributed by atoms with Crippen molar-refractivity contribution in [3.63, 3.8) is 0 Å². The van der Waals surface area contributed by atoms with Crippen molar-refractivity contribution in [3.05, 3.63) is 91.0 Å². The Balaban J connectivity index is 2.00. The van der Waals surface area contributed by atoms with Gasteiger partial charge in [0, 0.05) is 117 Å². The summed E-state index contributed by atoms with van der Waals surface area (Å²) in [6, 6.07) is 3.08. The van der Waals surface area contributed by atoms with Gasteiger partial charge in [-0.2, -0.15) is 0 Å². The van der Waals surface area contributed by atoms with Gasteiger partial charge in [0.15, 0.2) is 0 Å². The van der Waals surface area contributed by atoms with Crippen LogP contribution in [0.25, 0.3) is 0 Å². The van der Waals surface area contributed by atoms with E-state index < -0.39 is 47.8 Å². The highest BCUT2D eigenvalue weighted by molar-refractivity contribution is 5.73. The molecule has 0 heterocycles. The number of nitrogens with one attached hydrogen (secondary N) is 4. The first-order chi connectivity index (χ1) is 32.1. The highest BCUT2D eigenvalue weighted by Gasteiger charge is 2.36. The van der Waals surface area contributed by atoms with Crippen molar-refractivity contribution in [2.24, 2.45) is 22.9 Å². The molecule has 0 aliphatic heterocycles. The van der Waals surface area contributed by atoms with Gasteiger partial charge in [-0.25, -0.2) is 19.2 Å². The molecule has 4 aromatic rings. The van der Waals surface area contributed by atoms with Crippen LogP contribution >= 0.6 is 0 Å². The van der Waals surface area contributed by atoms with Gasteiger partial charge in [-0.1, -0.05) is 0 Å². The zero-order chi connectivity index (χ0) is 50.3. The molecule has 8 amide bonds. The third-order valence-corrected chi connectivity index (χ3v) is 13.2. The molecule has 20 heteroatoms. The molecule has 1 aliphatic carbocycles. The lowest BCUT2D eigenvalue weighted by Gasteiger charge is -2.31. The number of carbonyl (C=O) groups excluding carboxylic acids is 4. The highest BCUT2D eigenvalue weighted by Crippen LogP contribution is 2.55. The van der Waals surface area contributed by atoms with Crippen molar-refractivity contribution in [1.29, 1.82) is 0 Å². The van der Waals surface area contributed by atoms with Gasteiger partial charge < -0.3 is 85.1 Å². The van der Waals surface area contributed by atoms with E-state index in [9.17, 15) is 60.0 Å². The van der Waals surface area contributed by atoms with E-state index in [2.05, 4.69) is 21.3 Å². The number of aromatic hydroxyl groups is 8. The smallest absolute Gasteiger partial charge is 0.312 e. The maximum absolute atomic E-state index is 12.1. The van der Waals surface area contributed by atoms with Crippen molar-refractivity contribution >= 4 is 24.1 Å². The third kappa shape index (κ3) is 11.0. The van der Waals surface area contributed by atoms with Gasteiger partial charge in [0.1, 0.15) is 46.0 Å². The molecule has 0 fully saturated rings. The fourth-order valence-electron chi connectivity index (χ4n) is 9.51. The van der Waals surface area contributed by atoms with Crippen molar-refractivity contribution < 1.29 is 60.0 Å². The molecule has 0 aromatic heterocycles. The number of urea groups is 4. The molecule has 4 aromatic carbocycles. The number of amides is 8. The van der Waals surface area contributed by atoms with Crippen molar-refractivity contribution in [2.75, 3.05) is 26.2 Å². The minimum Gasteiger partial charge on any atom is -0.507 e.